The second-order valence-corrected chi connectivity index (χ2v) is 9.83. The summed E-state index contributed by atoms with van der Waals surface area (Å²) in [4.78, 5) is 0. The molecule has 0 saturated carbocycles. The van der Waals surface area contributed by atoms with Gasteiger partial charge in [0.1, 0.15) is 0 Å². The lowest BCUT2D eigenvalue weighted by Crippen LogP contribution is -2.00. The van der Waals surface area contributed by atoms with E-state index in [1.165, 1.54) is 135 Å². The van der Waals surface area contributed by atoms with E-state index in [4.69, 9.17) is 0 Å². The molecule has 1 unspecified atom stereocenters. The van der Waals surface area contributed by atoms with Crippen LogP contribution in [0.25, 0.3) is 0 Å². The topological polar surface area (TPSA) is 0 Å². The van der Waals surface area contributed by atoms with Crippen molar-refractivity contribution in [3.63, 3.8) is 0 Å². The van der Waals surface area contributed by atoms with Gasteiger partial charge in [-0.05, 0) is 12.8 Å². The molecular weight excluding hydrogens is 352 g/mol. The van der Waals surface area contributed by atoms with Crippen LogP contribution in [0.3, 0.4) is 0 Å². The standard InChI is InChI=1S/C24H50S2/c1-3-5-7-9-10-11-12-13-14-15-16-17-18-19-21-23-24(26-25)22-20-8-6-4-2/h24-25H,3-23H2,1-2H3. The maximum absolute atomic E-state index is 4.48. The van der Waals surface area contributed by atoms with Crippen LogP contribution in [0.4, 0.5) is 0 Å². The Morgan fingerprint density at radius 1 is 0.462 bits per heavy atom. The minimum absolute atomic E-state index is 0.803. The van der Waals surface area contributed by atoms with E-state index >= 15 is 0 Å². The van der Waals surface area contributed by atoms with Gasteiger partial charge in [0.15, 0.2) is 0 Å². The van der Waals surface area contributed by atoms with E-state index in [1.54, 1.807) is 0 Å². The molecule has 158 valence electrons. The van der Waals surface area contributed by atoms with Gasteiger partial charge in [0.25, 0.3) is 0 Å². The Hall–Kier alpha value is 0.700. The molecule has 0 heterocycles. The van der Waals surface area contributed by atoms with E-state index in [9.17, 15) is 0 Å². The first-order valence-electron chi connectivity index (χ1n) is 12.1. The summed E-state index contributed by atoms with van der Waals surface area (Å²) in [6.07, 6.45) is 30.2. The largest absolute Gasteiger partial charge is 0.111 e. The van der Waals surface area contributed by atoms with Crippen molar-refractivity contribution in [2.45, 2.75) is 154 Å². The lowest BCUT2D eigenvalue weighted by molar-refractivity contribution is 0.523. The molecule has 0 radical (unpaired) electrons. The van der Waals surface area contributed by atoms with Crippen LogP contribution in [0.2, 0.25) is 0 Å². The third-order valence-electron chi connectivity index (χ3n) is 5.66. The Morgan fingerprint density at radius 3 is 1.04 bits per heavy atom. The molecule has 0 aromatic rings. The van der Waals surface area contributed by atoms with Gasteiger partial charge in [-0.25, -0.2) is 0 Å². The maximum Gasteiger partial charge on any atom is 0.0149 e. The van der Waals surface area contributed by atoms with E-state index in [2.05, 4.69) is 25.5 Å². The third-order valence-corrected chi connectivity index (χ3v) is 7.32. The summed E-state index contributed by atoms with van der Waals surface area (Å²) < 4.78 is 0. The summed E-state index contributed by atoms with van der Waals surface area (Å²) in [5.41, 5.74) is 0. The number of hydrogen-bond donors (Lipinski definition) is 1. The van der Waals surface area contributed by atoms with Gasteiger partial charge in [-0.3, -0.25) is 0 Å². The van der Waals surface area contributed by atoms with Crippen LogP contribution in [0.15, 0.2) is 0 Å². The molecule has 2 heteroatoms. The van der Waals surface area contributed by atoms with E-state index in [0.717, 1.165) is 5.25 Å². The SMILES string of the molecule is CCCCCCCCCCCCCCCCCC(CCCCCC)SS. The molecule has 0 fully saturated rings. The van der Waals surface area contributed by atoms with E-state index in [1.807, 2.05) is 10.8 Å². The molecule has 26 heavy (non-hydrogen) atoms. The summed E-state index contributed by atoms with van der Waals surface area (Å²) in [6, 6.07) is 0. The molecule has 0 aliphatic carbocycles. The lowest BCUT2D eigenvalue weighted by Gasteiger charge is -2.13. The van der Waals surface area contributed by atoms with Gasteiger partial charge in [-0.1, -0.05) is 147 Å². The first kappa shape index (κ1) is 26.7. The van der Waals surface area contributed by atoms with E-state index in [-0.39, 0.29) is 0 Å². The van der Waals surface area contributed by atoms with Crippen molar-refractivity contribution < 1.29 is 0 Å². The quantitative estimate of drug-likeness (QED) is 0.107. The molecule has 0 bridgehead atoms. The van der Waals surface area contributed by atoms with Crippen molar-refractivity contribution in [3.8, 4) is 0 Å². The number of rotatable bonds is 22. The zero-order chi connectivity index (χ0) is 19.1. The van der Waals surface area contributed by atoms with Crippen LogP contribution in [0.5, 0.6) is 0 Å². The summed E-state index contributed by atoms with van der Waals surface area (Å²) in [5, 5.41) is 0.803. The highest BCUT2D eigenvalue weighted by Gasteiger charge is 2.06. The average molecular weight is 403 g/mol. The maximum atomic E-state index is 4.48. The van der Waals surface area contributed by atoms with Crippen molar-refractivity contribution in [1.29, 1.82) is 0 Å². The van der Waals surface area contributed by atoms with Crippen LogP contribution < -0.4 is 0 Å². The molecule has 0 aromatic carbocycles. The molecule has 0 N–H and O–H groups in total. The molecule has 0 spiro atoms. The number of thiol groups is 1. The summed E-state index contributed by atoms with van der Waals surface area (Å²) in [7, 11) is 1.81. The van der Waals surface area contributed by atoms with Crippen molar-refractivity contribution in [1.82, 2.24) is 0 Å². The number of unbranched alkanes of at least 4 members (excludes halogenated alkanes) is 17. The van der Waals surface area contributed by atoms with Crippen LogP contribution in [-0.4, -0.2) is 5.25 Å². The van der Waals surface area contributed by atoms with Crippen molar-refractivity contribution >= 4 is 22.5 Å². The van der Waals surface area contributed by atoms with Crippen LogP contribution in [0, 0.1) is 0 Å². The second-order valence-electron chi connectivity index (χ2n) is 8.32. The highest BCUT2D eigenvalue weighted by Crippen LogP contribution is 2.26. The van der Waals surface area contributed by atoms with Crippen LogP contribution >= 0.6 is 22.5 Å². The average Bonchev–Trinajstić information content (AvgIpc) is 2.66. The minimum Gasteiger partial charge on any atom is -0.111 e. The fourth-order valence-electron chi connectivity index (χ4n) is 3.79. The number of hydrogen-bond acceptors (Lipinski definition) is 2. The Kier molecular flexibility index (Phi) is 24.4. The van der Waals surface area contributed by atoms with Gasteiger partial charge in [-0.2, -0.15) is 0 Å². The van der Waals surface area contributed by atoms with Gasteiger partial charge in [-0.15, -0.1) is 11.7 Å². The first-order chi connectivity index (χ1) is 12.8. The molecule has 0 rings (SSSR count). The molecule has 0 nitrogen and oxygen atoms in total. The Labute approximate surface area is 176 Å². The lowest BCUT2D eigenvalue weighted by atomic mass is 10.0. The van der Waals surface area contributed by atoms with Gasteiger partial charge in [0.2, 0.25) is 0 Å². The van der Waals surface area contributed by atoms with Crippen LogP contribution in [-0.2, 0) is 0 Å². The fourth-order valence-corrected chi connectivity index (χ4v) is 4.97. The zero-order valence-electron chi connectivity index (χ0n) is 18.3. The second kappa shape index (κ2) is 23.7. The molecule has 0 amide bonds. The summed E-state index contributed by atoms with van der Waals surface area (Å²) >= 11 is 4.48. The Morgan fingerprint density at radius 2 is 0.731 bits per heavy atom. The Balaban J connectivity index is 3.18. The predicted octanol–water partition coefficient (Wildman–Crippen LogP) is 10.2. The molecule has 0 aliphatic heterocycles. The fraction of sp³-hybridized carbons (Fsp3) is 1.00. The molecule has 0 aliphatic rings. The minimum atomic E-state index is 0.803. The van der Waals surface area contributed by atoms with Gasteiger partial charge < -0.3 is 0 Å². The molecular formula is C24H50S2. The summed E-state index contributed by atoms with van der Waals surface area (Å²) in [6.45, 7) is 4.59. The highest BCUT2D eigenvalue weighted by molar-refractivity contribution is 8.68. The predicted molar refractivity (Wildman–Crippen MR) is 129 cm³/mol. The normalized spacial score (nSPS) is 12.6. The van der Waals surface area contributed by atoms with Gasteiger partial charge in [0, 0.05) is 5.25 Å². The smallest absolute Gasteiger partial charge is 0.0149 e. The van der Waals surface area contributed by atoms with E-state index in [0.29, 0.717) is 0 Å². The van der Waals surface area contributed by atoms with E-state index < -0.39 is 0 Å². The monoisotopic (exact) mass is 402 g/mol. The van der Waals surface area contributed by atoms with Crippen LogP contribution in [0.1, 0.15) is 149 Å². The molecule has 0 aromatic heterocycles. The summed E-state index contributed by atoms with van der Waals surface area (Å²) in [5.74, 6) is 0. The first-order valence-corrected chi connectivity index (χ1v) is 14.1. The van der Waals surface area contributed by atoms with Gasteiger partial charge >= 0.3 is 0 Å². The highest BCUT2D eigenvalue weighted by atomic mass is 33.1. The third kappa shape index (κ3) is 21.0. The molecule has 0 saturated heterocycles. The van der Waals surface area contributed by atoms with Crippen molar-refractivity contribution in [2.75, 3.05) is 0 Å². The molecule has 1 atom stereocenters. The van der Waals surface area contributed by atoms with Crippen molar-refractivity contribution in [2.24, 2.45) is 0 Å². The zero-order valence-corrected chi connectivity index (χ0v) is 20.0. The van der Waals surface area contributed by atoms with Gasteiger partial charge in [0.05, 0.1) is 0 Å². The Bertz CT molecular complexity index is 242. The van der Waals surface area contributed by atoms with Crippen molar-refractivity contribution in [3.05, 3.63) is 0 Å².